The van der Waals surface area contributed by atoms with Crippen LogP contribution in [0.15, 0.2) is 54.6 Å². The predicted molar refractivity (Wildman–Crippen MR) is 125 cm³/mol. The largest absolute Gasteiger partial charge is 0.387 e. The van der Waals surface area contributed by atoms with E-state index in [0.29, 0.717) is 29.2 Å². The normalized spacial score (nSPS) is 11.9. The Bertz CT molecular complexity index is 833. The highest BCUT2D eigenvalue weighted by molar-refractivity contribution is 8.93. The zero-order valence-corrected chi connectivity index (χ0v) is 19.9. The van der Waals surface area contributed by atoms with Crippen LogP contribution in [0.1, 0.15) is 35.9 Å². The number of rotatable bonds is 9. The molecule has 0 saturated heterocycles. The van der Waals surface area contributed by atoms with Gasteiger partial charge in [-0.2, -0.15) is 0 Å². The van der Waals surface area contributed by atoms with Crippen LogP contribution in [-0.2, 0) is 4.79 Å². The van der Waals surface area contributed by atoms with Gasteiger partial charge in [0.1, 0.15) is 0 Å². The van der Waals surface area contributed by atoms with Gasteiger partial charge in [0.25, 0.3) is 5.91 Å². The highest BCUT2D eigenvalue weighted by Gasteiger charge is 2.22. The molecule has 0 spiro atoms. The molecule has 2 aromatic carbocycles. The first-order valence-electron chi connectivity index (χ1n) is 9.44. The first-order chi connectivity index (χ1) is 13.7. The summed E-state index contributed by atoms with van der Waals surface area (Å²) in [6, 6.07) is 16.0. The van der Waals surface area contributed by atoms with Crippen LogP contribution in [0, 0.1) is 0 Å². The third kappa shape index (κ3) is 8.07. The van der Waals surface area contributed by atoms with Crippen LogP contribution in [0.4, 0.5) is 0 Å². The summed E-state index contributed by atoms with van der Waals surface area (Å²) in [7, 11) is 1.60. The number of carbonyl (C=O) groups is 2. The molecule has 0 radical (unpaired) electrons. The average molecular weight is 499 g/mol. The van der Waals surface area contributed by atoms with E-state index in [1.165, 1.54) is 4.90 Å². The number of likely N-dealkylation sites (N-methyl/N-ethyl adjacent to an activating group) is 1. The number of carbonyl (C=O) groups excluding carboxylic acids is 2. The van der Waals surface area contributed by atoms with Crippen molar-refractivity contribution in [3.05, 3.63) is 70.7 Å². The van der Waals surface area contributed by atoms with Gasteiger partial charge in [-0.15, -0.1) is 17.0 Å². The zero-order valence-electron chi connectivity index (χ0n) is 17.4. The van der Waals surface area contributed by atoms with Gasteiger partial charge in [0.15, 0.2) is 0 Å². The molecule has 2 rings (SSSR count). The number of β-amino-alcohol motifs (C(OH)–C–C–N with tert-alkyl or cyclic N) is 1. The molecule has 3 N–H and O–H groups in total. The number of halogens is 2. The lowest BCUT2D eigenvalue weighted by Gasteiger charge is -2.29. The van der Waals surface area contributed by atoms with E-state index in [4.69, 9.17) is 11.6 Å². The molecule has 0 fully saturated rings. The summed E-state index contributed by atoms with van der Waals surface area (Å²) >= 11 is 6.11. The fourth-order valence-electron chi connectivity index (χ4n) is 2.75. The Morgan fingerprint density at radius 1 is 1.10 bits per heavy atom. The second kappa shape index (κ2) is 12.1. The maximum Gasteiger partial charge on any atom is 0.254 e. The summed E-state index contributed by atoms with van der Waals surface area (Å²) in [5.74, 6) is -0.459. The molecule has 0 aliphatic rings. The van der Waals surface area contributed by atoms with Crippen LogP contribution in [0.25, 0.3) is 0 Å². The van der Waals surface area contributed by atoms with E-state index in [0.717, 1.165) is 0 Å². The van der Waals surface area contributed by atoms with E-state index in [-0.39, 0.29) is 35.3 Å². The summed E-state index contributed by atoms with van der Waals surface area (Å²) < 4.78 is 0. The minimum atomic E-state index is -0.756. The van der Waals surface area contributed by atoms with Crippen LogP contribution in [0.5, 0.6) is 0 Å². The van der Waals surface area contributed by atoms with Crippen molar-refractivity contribution in [1.29, 1.82) is 0 Å². The lowest BCUT2D eigenvalue weighted by molar-refractivity contribution is -0.121. The molecular formula is C22H29BrClN3O3. The maximum absolute atomic E-state index is 12.3. The molecule has 0 aromatic heterocycles. The number of nitrogens with zero attached hydrogens (tertiary/aromatic N) is 1. The Hall–Kier alpha value is -1.93. The zero-order chi connectivity index (χ0) is 21.4. The fourth-order valence-corrected chi connectivity index (χ4v) is 3.02. The Balaban J connectivity index is 0.00000450. The van der Waals surface area contributed by atoms with Crippen molar-refractivity contribution in [1.82, 2.24) is 15.5 Å². The van der Waals surface area contributed by atoms with E-state index >= 15 is 0 Å². The van der Waals surface area contributed by atoms with E-state index in [1.807, 2.05) is 32.0 Å². The lowest BCUT2D eigenvalue weighted by atomic mass is 10.0. The van der Waals surface area contributed by atoms with Crippen LogP contribution >= 0.6 is 28.6 Å². The highest BCUT2D eigenvalue weighted by Crippen LogP contribution is 2.22. The van der Waals surface area contributed by atoms with Crippen LogP contribution in [-0.4, -0.2) is 54.0 Å². The molecule has 30 heavy (non-hydrogen) atoms. The minimum absolute atomic E-state index is 0. The number of aliphatic hydroxyl groups excluding tert-OH is 1. The molecule has 164 valence electrons. The number of nitrogens with one attached hydrogen (secondary N) is 2. The van der Waals surface area contributed by atoms with Crippen molar-refractivity contribution in [3.63, 3.8) is 0 Å². The van der Waals surface area contributed by atoms with Crippen molar-refractivity contribution >= 4 is 40.4 Å². The van der Waals surface area contributed by atoms with Gasteiger partial charge in [-0.3, -0.25) is 9.59 Å². The molecule has 2 amide bonds. The molecule has 0 saturated carbocycles. The van der Waals surface area contributed by atoms with Crippen LogP contribution in [0.3, 0.4) is 0 Å². The monoisotopic (exact) mass is 497 g/mol. The third-order valence-corrected chi connectivity index (χ3v) is 4.86. The molecule has 0 bridgehead atoms. The average Bonchev–Trinajstić information content (AvgIpc) is 2.71. The molecule has 6 nitrogen and oxygen atoms in total. The second-order valence-electron chi connectivity index (χ2n) is 7.61. The Morgan fingerprint density at radius 3 is 2.33 bits per heavy atom. The van der Waals surface area contributed by atoms with Crippen molar-refractivity contribution in [3.8, 4) is 0 Å². The van der Waals surface area contributed by atoms with Gasteiger partial charge in [-0.1, -0.05) is 48.0 Å². The van der Waals surface area contributed by atoms with E-state index in [9.17, 15) is 14.7 Å². The molecule has 0 aliphatic carbocycles. The lowest BCUT2D eigenvalue weighted by Crippen LogP contribution is -2.51. The number of aliphatic hydroxyl groups is 1. The van der Waals surface area contributed by atoms with E-state index < -0.39 is 11.6 Å². The van der Waals surface area contributed by atoms with Gasteiger partial charge >= 0.3 is 0 Å². The van der Waals surface area contributed by atoms with Crippen LogP contribution < -0.4 is 10.6 Å². The number of hydrogen-bond acceptors (Lipinski definition) is 4. The number of amides is 2. The molecule has 1 unspecified atom stereocenters. The quantitative estimate of drug-likeness (QED) is 0.496. The maximum atomic E-state index is 12.3. The van der Waals surface area contributed by atoms with Gasteiger partial charge in [0, 0.05) is 41.8 Å². The van der Waals surface area contributed by atoms with Crippen molar-refractivity contribution in [2.75, 3.05) is 26.7 Å². The van der Waals surface area contributed by atoms with Gasteiger partial charge in [-0.05, 0) is 32.0 Å². The van der Waals surface area contributed by atoms with E-state index in [2.05, 4.69) is 10.6 Å². The minimum Gasteiger partial charge on any atom is -0.387 e. The van der Waals surface area contributed by atoms with Crippen molar-refractivity contribution in [2.24, 2.45) is 0 Å². The summed E-state index contributed by atoms with van der Waals surface area (Å²) in [6.45, 7) is 4.44. The molecule has 8 heteroatoms. The van der Waals surface area contributed by atoms with E-state index in [1.54, 1.807) is 43.4 Å². The SMILES string of the molecule is Br.CN(CC(=O)NCC(C)(C)NCC(O)c1ccccc1Cl)C(=O)c1ccccc1. The van der Waals surface area contributed by atoms with Gasteiger partial charge in [0.05, 0.1) is 12.6 Å². The molecular weight excluding hydrogens is 470 g/mol. The van der Waals surface area contributed by atoms with Crippen molar-refractivity contribution in [2.45, 2.75) is 25.5 Å². The highest BCUT2D eigenvalue weighted by atomic mass is 79.9. The third-order valence-electron chi connectivity index (χ3n) is 4.51. The van der Waals surface area contributed by atoms with Crippen molar-refractivity contribution < 1.29 is 14.7 Å². The Morgan fingerprint density at radius 2 is 1.70 bits per heavy atom. The van der Waals surface area contributed by atoms with Gasteiger partial charge in [-0.25, -0.2) is 0 Å². The first kappa shape index (κ1) is 26.1. The van der Waals surface area contributed by atoms with Crippen LogP contribution in [0.2, 0.25) is 5.02 Å². The smallest absolute Gasteiger partial charge is 0.254 e. The summed E-state index contributed by atoms with van der Waals surface area (Å²) in [4.78, 5) is 25.9. The molecule has 0 heterocycles. The first-order valence-corrected chi connectivity index (χ1v) is 9.82. The van der Waals surface area contributed by atoms with Gasteiger partial charge in [0.2, 0.25) is 5.91 Å². The standard InChI is InChI=1S/C22H28ClN3O3.BrH/c1-22(2,25-13-19(27)17-11-7-8-12-18(17)23)15-24-20(28)14-26(3)21(29)16-9-5-4-6-10-16;/h4-12,19,25,27H,13-15H2,1-3H3,(H,24,28);1H. The summed E-state index contributed by atoms with van der Waals surface area (Å²) in [5.41, 5.74) is 0.737. The second-order valence-corrected chi connectivity index (χ2v) is 8.01. The molecule has 0 aliphatic heterocycles. The Labute approximate surface area is 193 Å². The Kier molecular flexibility index (Phi) is 10.5. The van der Waals surface area contributed by atoms with Gasteiger partial charge < -0.3 is 20.6 Å². The summed E-state index contributed by atoms with van der Waals surface area (Å²) in [6.07, 6.45) is -0.756. The number of benzene rings is 2. The molecule has 1 atom stereocenters. The fraction of sp³-hybridized carbons (Fsp3) is 0.364. The number of hydrogen-bond donors (Lipinski definition) is 3. The topological polar surface area (TPSA) is 81.7 Å². The molecule has 2 aromatic rings. The summed E-state index contributed by atoms with van der Waals surface area (Å²) in [5, 5.41) is 16.9. The predicted octanol–water partition coefficient (Wildman–Crippen LogP) is 3.21.